The highest BCUT2D eigenvalue weighted by molar-refractivity contribution is 5.66. The van der Waals surface area contributed by atoms with E-state index in [1.165, 1.54) is 0 Å². The van der Waals surface area contributed by atoms with Gasteiger partial charge in [0.25, 0.3) is 11.3 Å². The monoisotopic (exact) mass is 217 g/mol. The minimum absolute atomic E-state index is 0.0865. The van der Waals surface area contributed by atoms with Crippen molar-refractivity contribution in [3.63, 3.8) is 0 Å². The highest BCUT2D eigenvalue weighted by Gasteiger charge is 2.19. The number of rotatable bonds is 2. The Morgan fingerprint density at radius 1 is 1.50 bits per heavy atom. The average molecular weight is 217 g/mol. The summed E-state index contributed by atoms with van der Waals surface area (Å²) < 4.78 is 7.09. The number of hydrogen-bond donors (Lipinski definition) is 0. The van der Waals surface area contributed by atoms with Crippen LogP contribution in [0.3, 0.4) is 0 Å². The summed E-state index contributed by atoms with van der Waals surface area (Å²) in [4.78, 5) is 20.5. The van der Waals surface area contributed by atoms with E-state index in [-0.39, 0.29) is 5.56 Å². The van der Waals surface area contributed by atoms with Crippen LogP contribution in [0.5, 0.6) is 0 Å². The Morgan fingerprint density at radius 3 is 3.19 bits per heavy atom. The molecule has 2 aromatic heterocycles. The van der Waals surface area contributed by atoms with E-state index in [1.54, 1.807) is 10.6 Å². The Bertz CT molecular complexity index is 624. The molecule has 0 N–H and O–H groups in total. The summed E-state index contributed by atoms with van der Waals surface area (Å²) in [5, 5.41) is 0. The number of fused-ring (bicyclic) bond motifs is 2. The van der Waals surface area contributed by atoms with Crippen LogP contribution >= 0.6 is 0 Å². The Balaban J connectivity index is 2.28. The third kappa shape index (κ3) is 1.21. The molecular weight excluding hydrogens is 206 g/mol. The van der Waals surface area contributed by atoms with Gasteiger partial charge >= 0.3 is 0 Å². The molecule has 0 aliphatic carbocycles. The number of aryl methyl sites for hydroxylation is 1. The molecule has 0 bridgehead atoms. The van der Waals surface area contributed by atoms with Gasteiger partial charge in [0, 0.05) is 19.4 Å². The van der Waals surface area contributed by atoms with E-state index in [9.17, 15) is 4.79 Å². The molecule has 0 aromatic carbocycles. The molecule has 3 heterocycles. The second kappa shape index (κ2) is 3.30. The zero-order valence-electron chi connectivity index (χ0n) is 8.77. The van der Waals surface area contributed by atoms with Crippen molar-refractivity contribution in [1.82, 2.24) is 14.5 Å². The Kier molecular flexibility index (Phi) is 1.92. The van der Waals surface area contributed by atoms with Gasteiger partial charge in [0.1, 0.15) is 5.82 Å². The van der Waals surface area contributed by atoms with E-state index >= 15 is 0 Å². The van der Waals surface area contributed by atoms with Gasteiger partial charge in [-0.15, -0.1) is 6.58 Å². The molecule has 5 heteroatoms. The molecule has 16 heavy (non-hydrogen) atoms. The molecule has 82 valence electrons. The molecule has 3 rings (SSSR count). The van der Waals surface area contributed by atoms with Gasteiger partial charge in [-0.05, 0) is 6.42 Å². The van der Waals surface area contributed by atoms with Gasteiger partial charge in [0.15, 0.2) is 5.52 Å². The topological polar surface area (TPSA) is 60.9 Å². The van der Waals surface area contributed by atoms with Gasteiger partial charge in [0.05, 0.1) is 0 Å². The summed E-state index contributed by atoms with van der Waals surface area (Å²) >= 11 is 0. The van der Waals surface area contributed by atoms with E-state index < -0.39 is 0 Å². The fraction of sp³-hybridized carbons (Fsp3) is 0.364. The molecule has 0 radical (unpaired) electrons. The van der Waals surface area contributed by atoms with E-state index in [4.69, 9.17) is 4.42 Å². The zero-order valence-corrected chi connectivity index (χ0v) is 8.77. The molecule has 5 nitrogen and oxygen atoms in total. The van der Waals surface area contributed by atoms with Crippen molar-refractivity contribution in [2.45, 2.75) is 25.8 Å². The van der Waals surface area contributed by atoms with Gasteiger partial charge in [-0.2, -0.15) is 4.98 Å². The summed E-state index contributed by atoms with van der Waals surface area (Å²) in [5.41, 5.74) is 0.606. The second-order valence-electron chi connectivity index (χ2n) is 3.84. The second-order valence-corrected chi connectivity index (χ2v) is 3.84. The smallest absolute Gasteiger partial charge is 0.283 e. The third-order valence-corrected chi connectivity index (χ3v) is 2.74. The molecule has 0 amide bonds. The summed E-state index contributed by atoms with van der Waals surface area (Å²) in [6.07, 6.45) is 4.01. The van der Waals surface area contributed by atoms with Crippen molar-refractivity contribution in [3.8, 4) is 0 Å². The van der Waals surface area contributed by atoms with Crippen molar-refractivity contribution in [2.24, 2.45) is 0 Å². The van der Waals surface area contributed by atoms with Crippen molar-refractivity contribution in [1.29, 1.82) is 0 Å². The van der Waals surface area contributed by atoms with Gasteiger partial charge < -0.3 is 4.42 Å². The van der Waals surface area contributed by atoms with Crippen LogP contribution in [-0.4, -0.2) is 14.5 Å². The van der Waals surface area contributed by atoms with Crippen molar-refractivity contribution in [3.05, 3.63) is 34.7 Å². The number of oxazole rings is 1. The minimum atomic E-state index is -0.0865. The van der Waals surface area contributed by atoms with E-state index in [0.29, 0.717) is 23.5 Å². The Hall–Kier alpha value is -1.91. The molecular formula is C11H11N3O2. The van der Waals surface area contributed by atoms with Gasteiger partial charge in [-0.25, -0.2) is 4.98 Å². The first-order valence-corrected chi connectivity index (χ1v) is 5.29. The number of aromatic nitrogens is 3. The molecule has 0 unspecified atom stereocenters. The molecule has 2 aromatic rings. The molecule has 0 spiro atoms. The van der Waals surface area contributed by atoms with Crippen molar-refractivity contribution in [2.75, 3.05) is 0 Å². The first-order valence-electron chi connectivity index (χ1n) is 5.29. The van der Waals surface area contributed by atoms with Crippen LogP contribution in [0.2, 0.25) is 0 Å². The Morgan fingerprint density at radius 2 is 2.38 bits per heavy atom. The lowest BCUT2D eigenvalue weighted by molar-refractivity contribution is 0.535. The minimum Gasteiger partial charge on any atom is -0.422 e. The van der Waals surface area contributed by atoms with Crippen LogP contribution in [-0.2, 0) is 19.4 Å². The predicted octanol–water partition coefficient (Wildman–Crippen LogP) is 1.06. The highest BCUT2D eigenvalue weighted by atomic mass is 16.4. The fourth-order valence-electron chi connectivity index (χ4n) is 2.02. The molecule has 0 fully saturated rings. The van der Waals surface area contributed by atoms with Crippen LogP contribution < -0.4 is 5.56 Å². The maximum absolute atomic E-state index is 12.0. The SMILES string of the molecule is C=CCc1nc2c(=O)n3c(nc2o1)CCC3. The number of hydrogen-bond acceptors (Lipinski definition) is 4. The summed E-state index contributed by atoms with van der Waals surface area (Å²) in [6.45, 7) is 4.34. The zero-order chi connectivity index (χ0) is 11.1. The standard InChI is InChI=1S/C11H11N3O2/c1-2-4-8-13-9-10(16-8)12-7-5-3-6-14(7)11(9)15/h2H,1,3-6H2. The highest BCUT2D eigenvalue weighted by Crippen LogP contribution is 2.15. The summed E-state index contributed by atoms with van der Waals surface area (Å²) in [5.74, 6) is 1.30. The fourth-order valence-corrected chi connectivity index (χ4v) is 2.02. The van der Waals surface area contributed by atoms with Crippen LogP contribution in [0.15, 0.2) is 21.9 Å². The van der Waals surface area contributed by atoms with E-state index in [1.807, 2.05) is 0 Å². The number of allylic oxidation sites excluding steroid dienone is 1. The lowest BCUT2D eigenvalue weighted by atomic mass is 10.4. The number of nitrogens with zero attached hydrogens (tertiary/aromatic N) is 3. The van der Waals surface area contributed by atoms with E-state index in [0.717, 1.165) is 25.2 Å². The first kappa shape index (κ1) is 9.33. The lowest BCUT2D eigenvalue weighted by Crippen LogP contribution is -2.20. The van der Waals surface area contributed by atoms with Gasteiger partial charge in [0.2, 0.25) is 5.89 Å². The summed E-state index contributed by atoms with van der Waals surface area (Å²) in [6, 6.07) is 0. The maximum Gasteiger partial charge on any atom is 0.283 e. The largest absolute Gasteiger partial charge is 0.422 e. The normalized spacial score (nSPS) is 14.2. The van der Waals surface area contributed by atoms with Gasteiger partial charge in [-0.1, -0.05) is 6.08 Å². The average Bonchev–Trinajstić information content (AvgIpc) is 2.85. The molecule has 1 aliphatic rings. The van der Waals surface area contributed by atoms with Crippen LogP contribution in [0.4, 0.5) is 0 Å². The van der Waals surface area contributed by atoms with Crippen LogP contribution in [0, 0.1) is 0 Å². The Labute approximate surface area is 91.4 Å². The van der Waals surface area contributed by atoms with Crippen molar-refractivity contribution < 1.29 is 4.42 Å². The van der Waals surface area contributed by atoms with Gasteiger partial charge in [-0.3, -0.25) is 9.36 Å². The molecule has 0 saturated heterocycles. The molecule has 0 atom stereocenters. The molecule has 0 saturated carbocycles. The van der Waals surface area contributed by atoms with E-state index in [2.05, 4.69) is 16.5 Å². The first-order chi connectivity index (χ1) is 7.79. The predicted molar refractivity (Wildman–Crippen MR) is 58.3 cm³/mol. The maximum atomic E-state index is 12.0. The van der Waals surface area contributed by atoms with Crippen LogP contribution in [0.25, 0.3) is 11.2 Å². The third-order valence-electron chi connectivity index (χ3n) is 2.74. The van der Waals surface area contributed by atoms with Crippen LogP contribution in [0.1, 0.15) is 18.1 Å². The quantitative estimate of drug-likeness (QED) is 0.706. The van der Waals surface area contributed by atoms with Crippen molar-refractivity contribution >= 4 is 11.2 Å². The molecule has 1 aliphatic heterocycles. The summed E-state index contributed by atoms with van der Waals surface area (Å²) in [7, 11) is 0. The lowest BCUT2D eigenvalue weighted by Gasteiger charge is -1.98.